The zero-order chi connectivity index (χ0) is 18.5. The number of methoxy groups -OCH3 is 1. The molecule has 3 aromatic rings. The molecule has 136 valence electrons. The molecule has 1 aliphatic heterocycles. The Hall–Kier alpha value is -2.45. The van der Waals surface area contributed by atoms with Gasteiger partial charge in [-0.3, -0.25) is 0 Å². The second kappa shape index (κ2) is 6.31. The van der Waals surface area contributed by atoms with Crippen molar-refractivity contribution in [1.29, 1.82) is 0 Å². The first-order valence-corrected chi connectivity index (χ1v) is 9.84. The van der Waals surface area contributed by atoms with E-state index in [-0.39, 0.29) is 6.04 Å². The molecule has 1 heterocycles. The first-order valence-electron chi connectivity index (χ1n) is 9.47. The van der Waals surface area contributed by atoms with E-state index in [2.05, 4.69) is 66.9 Å². The van der Waals surface area contributed by atoms with Gasteiger partial charge in [0.25, 0.3) is 0 Å². The summed E-state index contributed by atoms with van der Waals surface area (Å²) in [4.78, 5) is 0. The number of ether oxygens (including phenoxy) is 1. The Morgan fingerprint density at radius 3 is 2.74 bits per heavy atom. The third-order valence-electron chi connectivity index (χ3n) is 6.14. The highest BCUT2D eigenvalue weighted by molar-refractivity contribution is 6.32. The summed E-state index contributed by atoms with van der Waals surface area (Å²) in [5, 5.41) is 7.21. The molecule has 2 aliphatic rings. The van der Waals surface area contributed by atoms with Gasteiger partial charge in [-0.25, -0.2) is 0 Å². The summed E-state index contributed by atoms with van der Waals surface area (Å²) in [5.74, 6) is 1.71. The number of benzene rings is 3. The average molecular weight is 376 g/mol. The number of aryl methyl sites for hydroxylation is 1. The molecule has 1 N–H and O–H groups in total. The highest BCUT2D eigenvalue weighted by Crippen LogP contribution is 2.54. The zero-order valence-corrected chi connectivity index (χ0v) is 16.3. The molecule has 0 spiro atoms. The molecule has 0 aromatic heterocycles. The average Bonchev–Trinajstić information content (AvgIpc) is 3.19. The number of hydrogen-bond donors (Lipinski definition) is 1. The van der Waals surface area contributed by atoms with E-state index < -0.39 is 0 Å². The van der Waals surface area contributed by atoms with Crippen LogP contribution in [0.3, 0.4) is 0 Å². The molecule has 0 fully saturated rings. The molecular formula is C24H22ClNO. The third kappa shape index (κ3) is 2.47. The Labute approximate surface area is 164 Å². The summed E-state index contributed by atoms with van der Waals surface area (Å²) in [6.07, 6.45) is 5.67. The van der Waals surface area contributed by atoms with Gasteiger partial charge in [-0.1, -0.05) is 60.2 Å². The first kappa shape index (κ1) is 16.7. The van der Waals surface area contributed by atoms with Crippen LogP contribution in [0.1, 0.15) is 35.1 Å². The number of hydrogen-bond acceptors (Lipinski definition) is 2. The smallest absolute Gasteiger partial charge is 0.124 e. The highest BCUT2D eigenvalue weighted by atomic mass is 35.5. The molecule has 3 unspecified atom stereocenters. The van der Waals surface area contributed by atoms with Gasteiger partial charge in [0.05, 0.1) is 13.2 Å². The standard InChI is InChI=1S/C24H22ClNO/c1-14-10-12-19(25)21-17-8-5-9-18(17)24(26-23(14)21)22-16-7-4-3-6-15(16)11-13-20(22)27-2/h3-8,10-13,17-18,24,26H,9H2,1-2H3. The van der Waals surface area contributed by atoms with Gasteiger partial charge < -0.3 is 10.1 Å². The molecule has 0 radical (unpaired) electrons. The van der Waals surface area contributed by atoms with Crippen LogP contribution in [0, 0.1) is 12.8 Å². The molecule has 3 atom stereocenters. The minimum absolute atomic E-state index is 0.177. The fraction of sp³-hybridized carbons (Fsp3) is 0.250. The molecule has 1 aliphatic carbocycles. The monoisotopic (exact) mass is 375 g/mol. The number of anilines is 1. The van der Waals surface area contributed by atoms with Crippen LogP contribution in [-0.2, 0) is 0 Å². The predicted molar refractivity (Wildman–Crippen MR) is 113 cm³/mol. The van der Waals surface area contributed by atoms with Gasteiger partial charge >= 0.3 is 0 Å². The van der Waals surface area contributed by atoms with E-state index >= 15 is 0 Å². The zero-order valence-electron chi connectivity index (χ0n) is 15.5. The molecular weight excluding hydrogens is 354 g/mol. The van der Waals surface area contributed by atoms with Crippen LogP contribution >= 0.6 is 11.6 Å². The lowest BCUT2D eigenvalue weighted by molar-refractivity contribution is 0.383. The van der Waals surface area contributed by atoms with Crippen LogP contribution in [0.2, 0.25) is 5.02 Å². The molecule has 2 nitrogen and oxygen atoms in total. The Kier molecular flexibility index (Phi) is 3.91. The summed E-state index contributed by atoms with van der Waals surface area (Å²) in [7, 11) is 1.76. The molecule has 0 saturated carbocycles. The van der Waals surface area contributed by atoms with Crippen LogP contribution in [0.15, 0.2) is 60.7 Å². The maximum Gasteiger partial charge on any atom is 0.124 e. The van der Waals surface area contributed by atoms with Gasteiger partial charge in [0.2, 0.25) is 0 Å². The lowest BCUT2D eigenvalue weighted by atomic mass is 9.75. The van der Waals surface area contributed by atoms with Gasteiger partial charge in [-0.15, -0.1) is 0 Å². The van der Waals surface area contributed by atoms with E-state index in [0.717, 1.165) is 17.2 Å². The van der Waals surface area contributed by atoms with E-state index in [9.17, 15) is 0 Å². The maximum atomic E-state index is 6.63. The topological polar surface area (TPSA) is 21.3 Å². The molecule has 3 heteroatoms. The van der Waals surface area contributed by atoms with Crippen LogP contribution in [0.5, 0.6) is 5.75 Å². The van der Waals surface area contributed by atoms with Gasteiger partial charge in [-0.05, 0) is 47.7 Å². The highest BCUT2D eigenvalue weighted by Gasteiger charge is 2.41. The van der Waals surface area contributed by atoms with Crippen molar-refractivity contribution in [3.8, 4) is 5.75 Å². The van der Waals surface area contributed by atoms with E-state index in [4.69, 9.17) is 16.3 Å². The SMILES string of the molecule is COc1ccc2ccccc2c1C1Nc2c(C)ccc(Cl)c2C2C=CCC21. The Morgan fingerprint density at radius 1 is 1.04 bits per heavy atom. The number of fused-ring (bicyclic) bond motifs is 4. The van der Waals surface area contributed by atoms with Crippen molar-refractivity contribution in [3.63, 3.8) is 0 Å². The quantitative estimate of drug-likeness (QED) is 0.507. The maximum absolute atomic E-state index is 6.63. The Morgan fingerprint density at radius 2 is 1.89 bits per heavy atom. The Bertz CT molecular complexity index is 1070. The molecule has 0 saturated heterocycles. The molecule has 3 aromatic carbocycles. The number of halogens is 1. The predicted octanol–water partition coefficient (Wildman–Crippen LogP) is 6.64. The summed E-state index contributed by atoms with van der Waals surface area (Å²) in [6, 6.07) is 17.1. The molecule has 27 heavy (non-hydrogen) atoms. The van der Waals surface area contributed by atoms with Gasteiger partial charge in [0.1, 0.15) is 5.75 Å². The van der Waals surface area contributed by atoms with E-state index in [0.29, 0.717) is 11.8 Å². The lowest BCUT2D eigenvalue weighted by Crippen LogP contribution is -2.30. The van der Waals surface area contributed by atoms with E-state index in [1.807, 2.05) is 6.07 Å². The van der Waals surface area contributed by atoms with Gasteiger partial charge in [-0.2, -0.15) is 0 Å². The minimum atomic E-state index is 0.177. The van der Waals surface area contributed by atoms with Crippen molar-refractivity contribution in [2.24, 2.45) is 5.92 Å². The fourth-order valence-electron chi connectivity index (χ4n) is 4.87. The van der Waals surface area contributed by atoms with Crippen molar-refractivity contribution < 1.29 is 4.74 Å². The first-order chi connectivity index (χ1) is 13.2. The van der Waals surface area contributed by atoms with Crippen molar-refractivity contribution in [2.45, 2.75) is 25.3 Å². The molecule has 0 bridgehead atoms. The minimum Gasteiger partial charge on any atom is -0.496 e. The summed E-state index contributed by atoms with van der Waals surface area (Å²) in [6.45, 7) is 2.15. The number of nitrogens with one attached hydrogen (secondary N) is 1. The fourth-order valence-corrected chi connectivity index (χ4v) is 5.15. The van der Waals surface area contributed by atoms with E-state index in [1.54, 1.807) is 7.11 Å². The van der Waals surface area contributed by atoms with Crippen LogP contribution in [-0.4, -0.2) is 7.11 Å². The van der Waals surface area contributed by atoms with Crippen LogP contribution < -0.4 is 10.1 Å². The third-order valence-corrected chi connectivity index (χ3v) is 6.47. The summed E-state index contributed by atoms with van der Waals surface area (Å²) >= 11 is 6.63. The number of rotatable bonds is 2. The van der Waals surface area contributed by atoms with Crippen molar-refractivity contribution in [2.75, 3.05) is 12.4 Å². The Balaban J connectivity index is 1.75. The van der Waals surface area contributed by atoms with E-state index in [1.165, 1.54) is 33.2 Å². The van der Waals surface area contributed by atoms with Gasteiger partial charge in [0, 0.05) is 27.8 Å². The second-order valence-electron chi connectivity index (χ2n) is 7.53. The van der Waals surface area contributed by atoms with Gasteiger partial charge in [0.15, 0.2) is 0 Å². The number of allylic oxidation sites excluding steroid dienone is 2. The van der Waals surface area contributed by atoms with Crippen molar-refractivity contribution in [3.05, 3.63) is 82.4 Å². The second-order valence-corrected chi connectivity index (χ2v) is 7.94. The van der Waals surface area contributed by atoms with Crippen LogP contribution in [0.25, 0.3) is 10.8 Å². The molecule has 5 rings (SSSR count). The summed E-state index contributed by atoms with van der Waals surface area (Å²) in [5.41, 5.74) is 4.90. The lowest BCUT2D eigenvalue weighted by Gasteiger charge is -2.39. The molecule has 0 amide bonds. The van der Waals surface area contributed by atoms with Crippen molar-refractivity contribution in [1.82, 2.24) is 0 Å². The largest absolute Gasteiger partial charge is 0.496 e. The van der Waals surface area contributed by atoms with Crippen LogP contribution in [0.4, 0.5) is 5.69 Å². The summed E-state index contributed by atoms with van der Waals surface area (Å²) < 4.78 is 5.81. The van der Waals surface area contributed by atoms with Crippen molar-refractivity contribution >= 4 is 28.1 Å². The normalized spacial score (nSPS) is 23.0.